The molecule has 0 heterocycles. The summed E-state index contributed by atoms with van der Waals surface area (Å²) >= 11 is 6.04. The van der Waals surface area contributed by atoms with Crippen molar-refractivity contribution in [1.29, 1.82) is 0 Å². The molecule has 2 unspecified atom stereocenters. The smallest absolute Gasteiger partial charge is 0.0830 e. The van der Waals surface area contributed by atoms with E-state index in [1.54, 1.807) is 0 Å². The minimum Gasteiger partial charge on any atom is -0.369 e. The molecule has 1 nitrogen and oxygen atoms in total. The van der Waals surface area contributed by atoms with E-state index in [-0.39, 0.29) is 6.10 Å². The molecule has 0 fully saturated rings. The number of halogens is 1. The van der Waals surface area contributed by atoms with Crippen molar-refractivity contribution in [3.05, 3.63) is 83.5 Å². The Bertz CT molecular complexity index is 639. The highest BCUT2D eigenvalue weighted by Crippen LogP contribution is 2.29. The van der Waals surface area contributed by atoms with Gasteiger partial charge in [-0.25, -0.2) is 0 Å². The van der Waals surface area contributed by atoms with Crippen LogP contribution in [0.25, 0.3) is 0 Å². The fraction of sp³-hybridized carbons (Fsp3) is 0.364. The van der Waals surface area contributed by atoms with Gasteiger partial charge in [-0.2, -0.15) is 0 Å². The number of allylic oxidation sites excluding steroid dienone is 6. The third kappa shape index (κ3) is 4.96. The Morgan fingerprint density at radius 2 is 1.96 bits per heavy atom. The van der Waals surface area contributed by atoms with Crippen molar-refractivity contribution in [3.63, 3.8) is 0 Å². The van der Waals surface area contributed by atoms with Crippen molar-refractivity contribution in [2.75, 3.05) is 5.88 Å². The Kier molecular flexibility index (Phi) is 6.51. The number of ether oxygens (including phenoxy) is 1. The van der Waals surface area contributed by atoms with Crippen molar-refractivity contribution in [3.8, 4) is 0 Å². The lowest BCUT2D eigenvalue weighted by molar-refractivity contribution is 0.0612. The molecular weight excluding hydrogens is 316 g/mol. The highest BCUT2D eigenvalue weighted by Gasteiger charge is 2.20. The lowest BCUT2D eigenvalue weighted by atomic mass is 9.88. The standard InChI is InChI=1S/C22H25ClO/c23-16-20-12-14-21(13-11-18-7-3-1-4-8-18)22(15-20)24-17-19-9-5-2-6-10-19/h1-7,9-10,12,14,18,22H,8,11,13,15-17H2. The van der Waals surface area contributed by atoms with Crippen LogP contribution in [0, 0.1) is 5.92 Å². The van der Waals surface area contributed by atoms with E-state index in [9.17, 15) is 0 Å². The highest BCUT2D eigenvalue weighted by molar-refractivity contribution is 6.19. The summed E-state index contributed by atoms with van der Waals surface area (Å²) in [7, 11) is 0. The quantitative estimate of drug-likeness (QED) is 0.555. The summed E-state index contributed by atoms with van der Waals surface area (Å²) < 4.78 is 6.25. The third-order valence-corrected chi connectivity index (χ3v) is 5.08. The van der Waals surface area contributed by atoms with Crippen LogP contribution in [0.3, 0.4) is 0 Å². The second-order valence-electron chi connectivity index (χ2n) is 6.54. The molecule has 24 heavy (non-hydrogen) atoms. The van der Waals surface area contributed by atoms with Gasteiger partial charge < -0.3 is 4.74 Å². The topological polar surface area (TPSA) is 9.23 Å². The summed E-state index contributed by atoms with van der Waals surface area (Å²) in [5, 5.41) is 0. The van der Waals surface area contributed by atoms with Gasteiger partial charge in [-0.05, 0) is 42.7 Å². The zero-order chi connectivity index (χ0) is 16.6. The first-order valence-corrected chi connectivity index (χ1v) is 9.32. The molecule has 1 aromatic rings. The molecule has 1 aromatic carbocycles. The van der Waals surface area contributed by atoms with Crippen LogP contribution in [0.5, 0.6) is 0 Å². The molecule has 0 aliphatic heterocycles. The molecule has 2 heteroatoms. The molecule has 3 rings (SSSR count). The van der Waals surface area contributed by atoms with Gasteiger partial charge in [-0.3, -0.25) is 0 Å². The molecule has 0 saturated carbocycles. The molecule has 0 N–H and O–H groups in total. The molecule has 0 spiro atoms. The lowest BCUT2D eigenvalue weighted by Gasteiger charge is -2.26. The van der Waals surface area contributed by atoms with E-state index in [4.69, 9.17) is 16.3 Å². The fourth-order valence-corrected chi connectivity index (χ4v) is 3.45. The molecular formula is C22H25ClO. The van der Waals surface area contributed by atoms with Crippen LogP contribution in [0.2, 0.25) is 0 Å². The Morgan fingerprint density at radius 1 is 1.08 bits per heavy atom. The Morgan fingerprint density at radius 3 is 2.71 bits per heavy atom. The van der Waals surface area contributed by atoms with Crippen LogP contribution in [0.1, 0.15) is 31.2 Å². The maximum Gasteiger partial charge on any atom is 0.0830 e. The zero-order valence-corrected chi connectivity index (χ0v) is 14.8. The lowest BCUT2D eigenvalue weighted by Crippen LogP contribution is -2.20. The van der Waals surface area contributed by atoms with E-state index in [0.29, 0.717) is 18.4 Å². The maximum atomic E-state index is 6.25. The molecule has 2 atom stereocenters. The Labute approximate surface area is 150 Å². The summed E-state index contributed by atoms with van der Waals surface area (Å²) in [4.78, 5) is 0. The van der Waals surface area contributed by atoms with Crippen molar-refractivity contribution in [2.24, 2.45) is 5.92 Å². The summed E-state index contributed by atoms with van der Waals surface area (Å²) in [6.07, 6.45) is 17.8. The predicted octanol–water partition coefficient (Wildman–Crippen LogP) is 5.98. The van der Waals surface area contributed by atoms with Crippen LogP contribution in [0.4, 0.5) is 0 Å². The van der Waals surface area contributed by atoms with Gasteiger partial charge in [0, 0.05) is 5.88 Å². The van der Waals surface area contributed by atoms with Crippen molar-refractivity contribution >= 4 is 11.6 Å². The van der Waals surface area contributed by atoms with Gasteiger partial charge in [-0.15, -0.1) is 11.6 Å². The maximum absolute atomic E-state index is 6.25. The number of hydrogen-bond donors (Lipinski definition) is 0. The first-order valence-electron chi connectivity index (χ1n) is 8.78. The van der Waals surface area contributed by atoms with Gasteiger partial charge in [0.2, 0.25) is 0 Å². The van der Waals surface area contributed by atoms with E-state index in [2.05, 4.69) is 60.7 Å². The Balaban J connectivity index is 1.59. The van der Waals surface area contributed by atoms with Crippen molar-refractivity contribution < 1.29 is 4.74 Å². The summed E-state index contributed by atoms with van der Waals surface area (Å²) in [6, 6.07) is 10.4. The van der Waals surface area contributed by atoms with E-state index in [0.717, 1.165) is 19.3 Å². The fourth-order valence-electron chi connectivity index (χ4n) is 3.25. The number of benzene rings is 1. The first kappa shape index (κ1) is 17.3. The minimum absolute atomic E-state index is 0.159. The summed E-state index contributed by atoms with van der Waals surface area (Å²) in [5.74, 6) is 1.24. The van der Waals surface area contributed by atoms with E-state index < -0.39 is 0 Å². The molecule has 0 amide bonds. The van der Waals surface area contributed by atoms with Gasteiger partial charge in [0.15, 0.2) is 0 Å². The number of hydrogen-bond acceptors (Lipinski definition) is 1. The van der Waals surface area contributed by atoms with E-state index >= 15 is 0 Å². The summed E-state index contributed by atoms with van der Waals surface area (Å²) in [5.41, 5.74) is 3.89. The van der Waals surface area contributed by atoms with Crippen molar-refractivity contribution in [2.45, 2.75) is 38.4 Å². The van der Waals surface area contributed by atoms with Crippen molar-refractivity contribution in [1.82, 2.24) is 0 Å². The molecule has 0 aromatic heterocycles. The second kappa shape index (κ2) is 9.05. The second-order valence-corrected chi connectivity index (χ2v) is 6.80. The van der Waals surface area contributed by atoms with Crippen LogP contribution in [-0.4, -0.2) is 12.0 Å². The largest absolute Gasteiger partial charge is 0.369 e. The third-order valence-electron chi connectivity index (χ3n) is 4.73. The zero-order valence-electron chi connectivity index (χ0n) is 14.0. The van der Waals surface area contributed by atoms with Crippen LogP contribution in [-0.2, 0) is 11.3 Å². The van der Waals surface area contributed by atoms with Gasteiger partial charge >= 0.3 is 0 Å². The Hall–Kier alpha value is -1.57. The van der Waals surface area contributed by atoms with Gasteiger partial charge in [-0.1, -0.05) is 72.4 Å². The molecule has 0 radical (unpaired) electrons. The van der Waals surface area contributed by atoms with Crippen LogP contribution < -0.4 is 0 Å². The predicted molar refractivity (Wildman–Crippen MR) is 102 cm³/mol. The van der Waals surface area contributed by atoms with Gasteiger partial charge in [0.1, 0.15) is 0 Å². The average Bonchev–Trinajstić information content (AvgIpc) is 2.66. The van der Waals surface area contributed by atoms with E-state index in [1.165, 1.54) is 23.1 Å². The van der Waals surface area contributed by atoms with E-state index in [1.807, 2.05) is 6.07 Å². The number of alkyl halides is 1. The SMILES string of the molecule is ClCC1=CC=C(CCC2C=CC=CC2)C(OCc2ccccc2)C1. The normalized spacial score (nSPS) is 23.0. The highest BCUT2D eigenvalue weighted by atomic mass is 35.5. The van der Waals surface area contributed by atoms with Crippen LogP contribution >= 0.6 is 11.6 Å². The average molecular weight is 341 g/mol. The van der Waals surface area contributed by atoms with Gasteiger partial charge in [0.25, 0.3) is 0 Å². The first-order chi connectivity index (χ1) is 11.8. The minimum atomic E-state index is 0.159. The monoisotopic (exact) mass is 340 g/mol. The number of rotatable bonds is 7. The molecule has 0 saturated heterocycles. The summed E-state index contributed by atoms with van der Waals surface area (Å²) in [6.45, 7) is 0.657. The molecule has 126 valence electrons. The van der Waals surface area contributed by atoms with Crippen LogP contribution in [0.15, 0.2) is 77.9 Å². The molecule has 2 aliphatic carbocycles. The molecule has 2 aliphatic rings. The van der Waals surface area contributed by atoms with Gasteiger partial charge in [0.05, 0.1) is 12.7 Å². The molecule has 0 bridgehead atoms.